The quantitative estimate of drug-likeness (QED) is 0.436. The molecule has 0 spiro atoms. The number of benzene rings is 1. The lowest BCUT2D eigenvalue weighted by atomic mass is 10.2. The first-order chi connectivity index (χ1) is 13.9. The molecular formula is C21H20ClN5OS. The van der Waals surface area contributed by atoms with Gasteiger partial charge in [0.05, 0.1) is 22.5 Å². The predicted molar refractivity (Wildman–Crippen MR) is 117 cm³/mol. The summed E-state index contributed by atoms with van der Waals surface area (Å²) < 4.78 is 2.75. The van der Waals surface area contributed by atoms with Crippen molar-refractivity contribution >= 4 is 44.2 Å². The van der Waals surface area contributed by atoms with Crippen LogP contribution >= 0.6 is 22.9 Å². The molecule has 0 radical (unpaired) electrons. The van der Waals surface area contributed by atoms with Gasteiger partial charge in [0.15, 0.2) is 10.8 Å². The fraction of sp³-hybridized carbons (Fsp3) is 0.238. The first kappa shape index (κ1) is 19.5. The second kappa shape index (κ2) is 7.93. The highest BCUT2D eigenvalue weighted by atomic mass is 35.5. The molecule has 0 unspecified atom stereocenters. The van der Waals surface area contributed by atoms with Crippen molar-refractivity contribution in [2.24, 2.45) is 0 Å². The molecule has 0 fully saturated rings. The first-order valence-electron chi connectivity index (χ1n) is 9.26. The van der Waals surface area contributed by atoms with E-state index in [-0.39, 0.29) is 11.9 Å². The highest BCUT2D eigenvalue weighted by Crippen LogP contribution is 2.34. The van der Waals surface area contributed by atoms with Crippen LogP contribution in [0.4, 0.5) is 5.13 Å². The normalized spacial score (nSPS) is 11.3. The van der Waals surface area contributed by atoms with E-state index in [2.05, 4.69) is 10.1 Å². The lowest BCUT2D eigenvalue weighted by molar-refractivity contribution is 0.0979. The zero-order valence-corrected chi connectivity index (χ0v) is 17.9. The number of thiazole rings is 1. The predicted octanol–water partition coefficient (Wildman–Crippen LogP) is 5.28. The van der Waals surface area contributed by atoms with E-state index in [0.717, 1.165) is 21.5 Å². The molecule has 29 heavy (non-hydrogen) atoms. The smallest absolute Gasteiger partial charge is 0.276 e. The van der Waals surface area contributed by atoms with E-state index in [1.807, 2.05) is 57.3 Å². The molecule has 0 bridgehead atoms. The summed E-state index contributed by atoms with van der Waals surface area (Å²) in [6.45, 7) is 6.28. The Hall–Kier alpha value is -2.77. The third-order valence-electron chi connectivity index (χ3n) is 4.62. The van der Waals surface area contributed by atoms with Gasteiger partial charge in [-0.3, -0.25) is 19.4 Å². The van der Waals surface area contributed by atoms with Crippen LogP contribution in [0.3, 0.4) is 0 Å². The molecule has 0 atom stereocenters. The Morgan fingerprint density at radius 2 is 2.07 bits per heavy atom. The number of pyridine rings is 1. The standard InChI is InChI=1S/C21H20ClN5OS/c1-13(2)27-11-9-17(25-27)20(28)26(12-15-6-4-5-10-23-15)21-24-19-14(3)16(22)7-8-18(19)29-21/h4-11,13H,12H2,1-3H3. The summed E-state index contributed by atoms with van der Waals surface area (Å²) in [5, 5.41) is 5.70. The molecule has 0 saturated carbocycles. The summed E-state index contributed by atoms with van der Waals surface area (Å²) in [5.41, 5.74) is 2.87. The van der Waals surface area contributed by atoms with E-state index in [1.165, 1.54) is 11.3 Å². The number of nitrogens with zero attached hydrogens (tertiary/aromatic N) is 5. The molecule has 4 rings (SSSR count). The molecule has 8 heteroatoms. The zero-order chi connectivity index (χ0) is 20.5. The molecule has 0 aliphatic carbocycles. The Balaban J connectivity index is 1.77. The van der Waals surface area contributed by atoms with Crippen molar-refractivity contribution in [2.45, 2.75) is 33.4 Å². The third kappa shape index (κ3) is 3.88. The third-order valence-corrected chi connectivity index (χ3v) is 6.07. The number of aryl methyl sites for hydroxylation is 1. The number of hydrogen-bond donors (Lipinski definition) is 0. The van der Waals surface area contributed by atoms with Crippen LogP contribution in [0.2, 0.25) is 5.02 Å². The molecule has 0 saturated heterocycles. The molecule has 3 aromatic heterocycles. The monoisotopic (exact) mass is 425 g/mol. The lowest BCUT2D eigenvalue weighted by Gasteiger charge is -2.18. The van der Waals surface area contributed by atoms with E-state index in [1.54, 1.807) is 21.8 Å². The van der Waals surface area contributed by atoms with Crippen LogP contribution in [0.25, 0.3) is 10.2 Å². The Kier molecular flexibility index (Phi) is 5.34. The van der Waals surface area contributed by atoms with Crippen LogP contribution in [-0.4, -0.2) is 25.7 Å². The maximum Gasteiger partial charge on any atom is 0.280 e. The van der Waals surface area contributed by atoms with Crippen molar-refractivity contribution < 1.29 is 4.79 Å². The topological polar surface area (TPSA) is 63.9 Å². The Bertz CT molecular complexity index is 1170. The van der Waals surface area contributed by atoms with Crippen LogP contribution in [-0.2, 0) is 6.54 Å². The minimum absolute atomic E-state index is 0.174. The molecular weight excluding hydrogens is 406 g/mol. The fourth-order valence-electron chi connectivity index (χ4n) is 2.96. The van der Waals surface area contributed by atoms with Crippen molar-refractivity contribution in [2.75, 3.05) is 4.90 Å². The summed E-state index contributed by atoms with van der Waals surface area (Å²) >= 11 is 7.71. The van der Waals surface area contributed by atoms with Gasteiger partial charge in [-0.05, 0) is 56.7 Å². The SMILES string of the molecule is Cc1c(Cl)ccc2sc(N(Cc3ccccn3)C(=O)c3ccn(C(C)C)n3)nc12. The second-order valence-electron chi connectivity index (χ2n) is 7.00. The van der Waals surface area contributed by atoms with Gasteiger partial charge in [0.25, 0.3) is 5.91 Å². The van der Waals surface area contributed by atoms with Crippen molar-refractivity contribution in [3.05, 3.63) is 70.8 Å². The zero-order valence-electron chi connectivity index (χ0n) is 16.3. The summed E-state index contributed by atoms with van der Waals surface area (Å²) in [7, 11) is 0. The minimum Gasteiger partial charge on any atom is -0.276 e. The number of halogens is 1. The molecule has 0 N–H and O–H groups in total. The molecule has 148 valence electrons. The number of anilines is 1. The molecule has 0 aliphatic rings. The lowest BCUT2D eigenvalue weighted by Crippen LogP contribution is -2.31. The van der Waals surface area contributed by atoms with Gasteiger partial charge in [0.1, 0.15) is 0 Å². The number of aromatic nitrogens is 4. The average Bonchev–Trinajstić information content (AvgIpc) is 3.37. The number of fused-ring (bicyclic) bond motifs is 1. The number of rotatable bonds is 5. The largest absolute Gasteiger partial charge is 0.280 e. The van der Waals surface area contributed by atoms with Gasteiger partial charge in [-0.2, -0.15) is 5.10 Å². The van der Waals surface area contributed by atoms with Crippen LogP contribution in [0.1, 0.15) is 41.6 Å². The molecule has 4 aromatic rings. The Morgan fingerprint density at radius 3 is 2.76 bits per heavy atom. The molecule has 6 nitrogen and oxygen atoms in total. The Morgan fingerprint density at radius 1 is 1.24 bits per heavy atom. The van der Waals surface area contributed by atoms with E-state index in [9.17, 15) is 4.79 Å². The number of carbonyl (C=O) groups is 1. The fourth-order valence-corrected chi connectivity index (χ4v) is 4.14. The van der Waals surface area contributed by atoms with Gasteiger partial charge >= 0.3 is 0 Å². The molecule has 3 heterocycles. The van der Waals surface area contributed by atoms with E-state index < -0.39 is 0 Å². The van der Waals surface area contributed by atoms with Crippen molar-refractivity contribution in [1.29, 1.82) is 0 Å². The molecule has 1 aromatic carbocycles. The van der Waals surface area contributed by atoms with Gasteiger partial charge in [-0.15, -0.1) is 0 Å². The highest BCUT2D eigenvalue weighted by Gasteiger charge is 2.25. The first-order valence-corrected chi connectivity index (χ1v) is 10.5. The van der Waals surface area contributed by atoms with E-state index in [4.69, 9.17) is 16.6 Å². The number of hydrogen-bond acceptors (Lipinski definition) is 5. The summed E-state index contributed by atoms with van der Waals surface area (Å²) in [4.78, 5) is 24.1. The van der Waals surface area contributed by atoms with Crippen molar-refractivity contribution in [3.8, 4) is 0 Å². The van der Waals surface area contributed by atoms with Crippen LogP contribution in [0.5, 0.6) is 0 Å². The molecule has 0 aliphatic heterocycles. The van der Waals surface area contributed by atoms with Crippen molar-refractivity contribution in [1.82, 2.24) is 19.7 Å². The van der Waals surface area contributed by atoms with Crippen molar-refractivity contribution in [3.63, 3.8) is 0 Å². The molecule has 1 amide bonds. The highest BCUT2D eigenvalue weighted by molar-refractivity contribution is 7.22. The van der Waals surface area contributed by atoms with E-state index >= 15 is 0 Å². The second-order valence-corrected chi connectivity index (χ2v) is 8.42. The van der Waals surface area contributed by atoms with Crippen LogP contribution in [0, 0.1) is 6.92 Å². The van der Waals surface area contributed by atoms with Crippen LogP contribution < -0.4 is 4.90 Å². The maximum absolute atomic E-state index is 13.4. The van der Waals surface area contributed by atoms with Gasteiger partial charge in [-0.1, -0.05) is 29.0 Å². The summed E-state index contributed by atoms with van der Waals surface area (Å²) in [5.74, 6) is -0.210. The minimum atomic E-state index is -0.210. The van der Waals surface area contributed by atoms with Crippen LogP contribution in [0.15, 0.2) is 48.8 Å². The van der Waals surface area contributed by atoms with Gasteiger partial charge in [0, 0.05) is 23.5 Å². The summed E-state index contributed by atoms with van der Waals surface area (Å²) in [6, 6.07) is 11.3. The summed E-state index contributed by atoms with van der Waals surface area (Å²) in [6.07, 6.45) is 3.53. The van der Waals surface area contributed by atoms with E-state index in [0.29, 0.717) is 22.4 Å². The Labute approximate surface area is 177 Å². The number of amides is 1. The average molecular weight is 426 g/mol. The van der Waals surface area contributed by atoms with Gasteiger partial charge < -0.3 is 0 Å². The maximum atomic E-state index is 13.4. The number of carbonyl (C=O) groups excluding carboxylic acids is 1. The van der Waals surface area contributed by atoms with Gasteiger partial charge in [-0.25, -0.2) is 4.98 Å². The van der Waals surface area contributed by atoms with Gasteiger partial charge in [0.2, 0.25) is 0 Å².